The van der Waals surface area contributed by atoms with Gasteiger partial charge in [0, 0.05) is 85.6 Å². The van der Waals surface area contributed by atoms with E-state index in [2.05, 4.69) is 167 Å². The highest BCUT2D eigenvalue weighted by atomic mass is 79.9. The van der Waals surface area contributed by atoms with E-state index >= 15 is 0 Å². The number of aliphatic imine (C=N–C) groups is 3. The van der Waals surface area contributed by atoms with Crippen molar-refractivity contribution in [3.05, 3.63) is 336 Å². The van der Waals surface area contributed by atoms with Crippen LogP contribution in [0.5, 0.6) is 23.0 Å². The summed E-state index contributed by atoms with van der Waals surface area (Å²) in [6.07, 6.45) is 0. The van der Waals surface area contributed by atoms with Gasteiger partial charge in [-0.15, -0.1) is 0 Å². The van der Waals surface area contributed by atoms with Gasteiger partial charge in [0.15, 0.2) is 0 Å². The van der Waals surface area contributed by atoms with Crippen molar-refractivity contribution in [1.82, 2.24) is 36.0 Å². The molecule has 0 spiro atoms. The van der Waals surface area contributed by atoms with Gasteiger partial charge >= 0.3 is 7.12 Å². The Labute approximate surface area is 765 Å². The number of carbonyl (C=O) groups excluding carboxylic acids is 4. The van der Waals surface area contributed by atoms with Crippen LogP contribution in [0.3, 0.4) is 0 Å². The second-order valence-electron chi connectivity index (χ2n) is 33.4. The number of likely N-dealkylation sites (N-methyl/N-ethyl adjacent to an activating group) is 3. The average molecular weight is 1840 g/mol. The highest BCUT2D eigenvalue weighted by Crippen LogP contribution is 2.38. The molecular weight excluding hydrogens is 1720 g/mol. The lowest BCUT2D eigenvalue weighted by atomic mass is 9.77. The molecule has 127 heavy (non-hydrogen) atoms. The number of fused-ring (bicyclic) bond motifs is 3. The molecule has 4 unspecified atom stereocenters. The molecule has 4 aliphatic rings. The number of carbonyl (C=O) groups is 4. The van der Waals surface area contributed by atoms with E-state index < -0.39 is 0 Å². The van der Waals surface area contributed by atoms with E-state index in [1.54, 1.807) is 46.6 Å². The monoisotopic (exact) mass is 1840 g/mol. The number of nitrogens with zero attached hydrogens (tertiary/aromatic N) is 6. The fraction of sp³-hybridized carbons (Fsp3) is 0.291. The van der Waals surface area contributed by atoms with Crippen LogP contribution in [0.25, 0.3) is 22.3 Å². The summed E-state index contributed by atoms with van der Waals surface area (Å²) in [5.41, 5.74) is 27.6. The smallest absolute Gasteiger partial charge is 0.494 e. The minimum atomic E-state index is -0.292. The highest BCUT2D eigenvalue weighted by molar-refractivity contribution is 9.10. The maximum Gasteiger partial charge on any atom is 0.494 e. The lowest BCUT2D eigenvalue weighted by molar-refractivity contribution is 0.00578. The van der Waals surface area contributed by atoms with Crippen LogP contribution < -0.4 is 51.4 Å². The molecule has 0 radical (unpaired) electrons. The molecule has 1 fully saturated rings. The molecule has 21 nitrogen and oxygen atoms in total. The van der Waals surface area contributed by atoms with Crippen molar-refractivity contribution in [2.24, 2.45) is 20.7 Å². The Morgan fingerprint density at radius 2 is 0.661 bits per heavy atom. The van der Waals surface area contributed by atoms with Crippen LogP contribution in [0.15, 0.2) is 273 Å². The number of benzene rings is 11. The first-order valence-electron chi connectivity index (χ1n) is 42.3. The number of nitrogens with two attached hydrogens (primary N) is 1. The summed E-state index contributed by atoms with van der Waals surface area (Å²) in [4.78, 5) is 70.9. The van der Waals surface area contributed by atoms with Gasteiger partial charge in [0.05, 0.1) is 83.4 Å². The number of ether oxygens (including phenoxy) is 4. The summed E-state index contributed by atoms with van der Waals surface area (Å²) in [7, 11) is 18.2. The van der Waals surface area contributed by atoms with Crippen molar-refractivity contribution in [3.8, 4) is 45.3 Å². The summed E-state index contributed by atoms with van der Waals surface area (Å²) >= 11 is 6.75. The van der Waals surface area contributed by atoms with E-state index in [9.17, 15) is 19.2 Å². The molecular formula is C103H116BBr2N11O10. The van der Waals surface area contributed by atoms with Crippen LogP contribution in [0, 0.1) is 0 Å². The van der Waals surface area contributed by atoms with Gasteiger partial charge in [-0.05, 0) is 284 Å². The first-order chi connectivity index (χ1) is 60.8. The standard InChI is InChI=1S/2C27H29N3O2.C18H21BrN2O2.C16H17BrN2O2.C15H20BNO2/c2*1-18-25-15-20(11-12-23(25)16-28-18)19-7-5-9-22(13-19)27(31)29-26(17-30(2)3)21-8-6-10-24(14-21)32-4;1-21(2)12-17(13-6-5-9-16(11-13)23-3)20-18(22)14-7-4-8-15(19)10-14;1-21-14-7-3-4-11(9-14)15(10-18)19-16(20)12-5-2-6-13(17)8-12;1-10-13-8-12(7-6-11(13)9-17-10)16-18-14(2,3)15(4,5)19-16/h2*5-15,26H,16-17H2,1-4H3,(H,29,31);4-11,17H,12H2,1-3H3,(H,20,22);2-9,15H,10,18H2,1H3,(H,19,20);6-8H,9H2,1-5H3. The first-order valence-corrected chi connectivity index (χ1v) is 43.8. The molecule has 24 heteroatoms. The van der Waals surface area contributed by atoms with Crippen molar-refractivity contribution in [2.75, 3.05) is 96.9 Å². The summed E-state index contributed by atoms with van der Waals surface area (Å²) in [5, 5.41) is 12.4. The quantitative estimate of drug-likeness (QED) is 0.0317. The maximum absolute atomic E-state index is 13.2. The molecule has 0 aliphatic carbocycles. The highest BCUT2D eigenvalue weighted by Gasteiger charge is 2.52. The Morgan fingerprint density at radius 3 is 0.976 bits per heavy atom. The zero-order chi connectivity index (χ0) is 91.2. The number of halogens is 2. The molecule has 660 valence electrons. The summed E-state index contributed by atoms with van der Waals surface area (Å²) in [5.74, 6) is 2.62. The van der Waals surface area contributed by atoms with Gasteiger partial charge in [0.25, 0.3) is 23.6 Å². The predicted molar refractivity (Wildman–Crippen MR) is 519 cm³/mol. The van der Waals surface area contributed by atoms with Crippen LogP contribution in [0.4, 0.5) is 0 Å². The minimum Gasteiger partial charge on any atom is -0.497 e. The Bertz CT molecular complexity index is 5600. The van der Waals surface area contributed by atoms with Crippen molar-refractivity contribution < 1.29 is 47.4 Å². The lowest BCUT2D eigenvalue weighted by Gasteiger charge is -2.32. The van der Waals surface area contributed by atoms with Crippen LogP contribution in [0.1, 0.15) is 170 Å². The topological polar surface area (TPSA) is 245 Å². The number of amides is 4. The zero-order valence-corrected chi connectivity index (χ0v) is 78.8. The van der Waals surface area contributed by atoms with E-state index in [0.717, 1.165) is 119 Å². The minimum absolute atomic E-state index is 0.0963. The molecule has 4 atom stereocenters. The molecule has 0 aromatic heterocycles. The van der Waals surface area contributed by atoms with Crippen LogP contribution in [-0.2, 0) is 28.9 Å². The van der Waals surface area contributed by atoms with Gasteiger partial charge in [-0.2, -0.15) is 0 Å². The van der Waals surface area contributed by atoms with E-state index in [-0.39, 0.29) is 66.1 Å². The third kappa shape index (κ3) is 26.0. The molecule has 15 rings (SSSR count). The van der Waals surface area contributed by atoms with Crippen molar-refractivity contribution in [1.29, 1.82) is 0 Å². The van der Waals surface area contributed by atoms with E-state index in [4.69, 9.17) is 34.0 Å². The molecule has 4 aliphatic heterocycles. The second-order valence-corrected chi connectivity index (χ2v) is 35.2. The molecule has 4 heterocycles. The lowest BCUT2D eigenvalue weighted by Crippen LogP contribution is -2.41. The molecule has 1 saturated heterocycles. The Kier molecular flexibility index (Phi) is 33.7. The van der Waals surface area contributed by atoms with Crippen molar-refractivity contribution in [3.63, 3.8) is 0 Å². The van der Waals surface area contributed by atoms with E-state index in [0.29, 0.717) is 48.4 Å². The van der Waals surface area contributed by atoms with Gasteiger partial charge in [0.2, 0.25) is 0 Å². The Morgan fingerprint density at radius 1 is 0.378 bits per heavy atom. The van der Waals surface area contributed by atoms with Crippen LogP contribution in [-0.4, -0.2) is 171 Å². The normalized spacial score (nSPS) is 14.4. The van der Waals surface area contributed by atoms with Gasteiger partial charge in [0.1, 0.15) is 23.0 Å². The predicted octanol–water partition coefficient (Wildman–Crippen LogP) is 18.1. The number of nitrogens with one attached hydrogen (secondary N) is 4. The molecule has 11 aromatic carbocycles. The van der Waals surface area contributed by atoms with Gasteiger partial charge in [-0.1, -0.05) is 159 Å². The zero-order valence-electron chi connectivity index (χ0n) is 75.6. The first kappa shape index (κ1) is 95.9. The number of hydrogen-bond donors (Lipinski definition) is 5. The average Bonchev–Trinajstić information content (AvgIpc) is 1.40. The second kappa shape index (κ2) is 44.6. The molecule has 11 aromatic rings. The van der Waals surface area contributed by atoms with Crippen molar-refractivity contribution in [2.45, 2.75) is 103 Å². The van der Waals surface area contributed by atoms with Crippen LogP contribution >= 0.6 is 31.9 Å². The largest absolute Gasteiger partial charge is 0.497 e. The molecule has 4 amide bonds. The number of hydrogen-bond acceptors (Lipinski definition) is 17. The molecule has 6 N–H and O–H groups in total. The summed E-state index contributed by atoms with van der Waals surface area (Å²) in [6, 6.07) is 79.7. The fourth-order valence-corrected chi connectivity index (χ4v) is 15.7. The van der Waals surface area contributed by atoms with E-state index in [1.807, 2.05) is 237 Å². The van der Waals surface area contributed by atoms with Gasteiger partial charge in [-0.25, -0.2) is 0 Å². The number of rotatable bonds is 26. The Balaban J connectivity index is 0.000000156. The molecule has 0 bridgehead atoms. The third-order valence-corrected chi connectivity index (χ3v) is 23.7. The van der Waals surface area contributed by atoms with Crippen molar-refractivity contribution >= 4 is 85.2 Å². The maximum atomic E-state index is 13.2. The SMILES string of the molecule is CC1=NCc2ccc(B3OC(C)(C)C(C)(C)O3)cc21.COc1cccc(C(CN(C)C)NC(=O)c2cccc(-c3ccc4c(c3)C(C)=NC4)c2)c1.COc1cccc(C(CN(C)C)NC(=O)c2cccc(-c3ccc4c(c3)C(C)=NC4)c2)c1.COc1cccc(C(CN(C)C)NC(=O)c2cccc(Br)c2)c1.COc1cccc(C(CN)NC(=O)c2cccc(Br)c2)c1. The summed E-state index contributed by atoms with van der Waals surface area (Å²) < 4.78 is 35.1. The van der Waals surface area contributed by atoms with Crippen LogP contribution in [0.2, 0.25) is 0 Å². The Hall–Kier alpha value is -11.7. The molecule has 0 saturated carbocycles. The number of methoxy groups -OCH3 is 4. The van der Waals surface area contributed by atoms with Gasteiger partial charge in [-0.3, -0.25) is 34.2 Å². The fourth-order valence-electron chi connectivity index (χ4n) is 14.9. The van der Waals surface area contributed by atoms with E-state index in [1.165, 1.54) is 33.4 Å². The summed E-state index contributed by atoms with van der Waals surface area (Å²) in [6.45, 7) is 19.1. The third-order valence-electron chi connectivity index (χ3n) is 22.7. The van der Waals surface area contributed by atoms with Gasteiger partial charge < -0.3 is 70.0 Å².